The average Bonchev–Trinajstić information content (AvgIpc) is 2.72. The molecule has 29 heavy (non-hydrogen) atoms. The van der Waals surface area contributed by atoms with Crippen LogP contribution in [0.1, 0.15) is 22.3 Å². The fraction of sp³-hybridized carbons (Fsp3) is 0.0909. The molecule has 3 aromatic rings. The predicted molar refractivity (Wildman–Crippen MR) is 118 cm³/mol. The lowest BCUT2D eigenvalue weighted by Crippen LogP contribution is -2.03. The minimum absolute atomic E-state index is 0.435. The molecule has 6 nitrogen and oxygen atoms in total. The lowest BCUT2D eigenvalue weighted by Gasteiger charge is -2.15. The van der Waals surface area contributed by atoms with Crippen LogP contribution in [0.5, 0.6) is 0 Å². The molecule has 0 bridgehead atoms. The van der Waals surface area contributed by atoms with E-state index in [4.69, 9.17) is 10.5 Å². The van der Waals surface area contributed by atoms with Gasteiger partial charge in [0.05, 0.1) is 22.2 Å². The zero-order chi connectivity index (χ0) is 20.8. The number of nitriles is 2. The lowest BCUT2D eigenvalue weighted by atomic mass is 10.0. The predicted octanol–water partition coefficient (Wildman–Crippen LogP) is 5.75. The second-order valence-electron chi connectivity index (χ2n) is 6.32. The van der Waals surface area contributed by atoms with Crippen molar-refractivity contribution < 1.29 is 0 Å². The number of hydrogen-bond donors (Lipinski definition) is 2. The van der Waals surface area contributed by atoms with Crippen LogP contribution < -0.4 is 10.6 Å². The zero-order valence-electron chi connectivity index (χ0n) is 15.9. The van der Waals surface area contributed by atoms with Gasteiger partial charge in [-0.15, -0.1) is 0 Å². The van der Waals surface area contributed by atoms with E-state index in [9.17, 15) is 0 Å². The number of anilines is 4. The van der Waals surface area contributed by atoms with Gasteiger partial charge in [-0.1, -0.05) is 0 Å². The number of rotatable bonds is 5. The van der Waals surface area contributed by atoms with Gasteiger partial charge in [0.2, 0.25) is 5.95 Å². The molecule has 3 rings (SSSR count). The Morgan fingerprint density at radius 1 is 1.03 bits per heavy atom. The van der Waals surface area contributed by atoms with E-state index in [1.165, 1.54) is 6.08 Å². The maximum Gasteiger partial charge on any atom is 0.229 e. The first-order valence-corrected chi connectivity index (χ1v) is 9.53. The van der Waals surface area contributed by atoms with E-state index in [-0.39, 0.29) is 0 Å². The fourth-order valence-electron chi connectivity index (χ4n) is 2.81. The van der Waals surface area contributed by atoms with E-state index < -0.39 is 0 Å². The number of allylic oxidation sites excluding steroid dienone is 1. The van der Waals surface area contributed by atoms with Crippen LogP contribution in [0.25, 0.3) is 6.08 Å². The van der Waals surface area contributed by atoms with E-state index in [1.807, 2.05) is 32.0 Å². The first-order chi connectivity index (χ1) is 14.0. The quantitative estimate of drug-likeness (QED) is 0.486. The summed E-state index contributed by atoms with van der Waals surface area (Å²) in [6, 6.07) is 15.2. The van der Waals surface area contributed by atoms with E-state index in [0.29, 0.717) is 17.3 Å². The van der Waals surface area contributed by atoms with Gasteiger partial charge in [0, 0.05) is 23.6 Å². The maximum absolute atomic E-state index is 8.90. The molecular weight excluding hydrogens is 428 g/mol. The van der Waals surface area contributed by atoms with Crippen molar-refractivity contribution in [3.8, 4) is 12.1 Å². The summed E-state index contributed by atoms with van der Waals surface area (Å²) in [7, 11) is 0. The minimum Gasteiger partial charge on any atom is -0.339 e. The average molecular weight is 445 g/mol. The Balaban J connectivity index is 1.86. The molecule has 0 aliphatic heterocycles. The fourth-order valence-corrected chi connectivity index (χ4v) is 3.10. The third kappa shape index (κ3) is 4.98. The topological polar surface area (TPSA) is 97.4 Å². The zero-order valence-corrected chi connectivity index (χ0v) is 17.4. The Labute approximate surface area is 177 Å². The van der Waals surface area contributed by atoms with Crippen molar-refractivity contribution in [3.63, 3.8) is 0 Å². The van der Waals surface area contributed by atoms with Gasteiger partial charge in [-0.2, -0.15) is 15.5 Å². The van der Waals surface area contributed by atoms with Crippen molar-refractivity contribution in [2.45, 2.75) is 13.8 Å². The molecule has 0 saturated heterocycles. The summed E-state index contributed by atoms with van der Waals surface area (Å²) in [6.45, 7) is 4.01. The second kappa shape index (κ2) is 9.01. The van der Waals surface area contributed by atoms with Gasteiger partial charge in [-0.05, 0) is 88.9 Å². The van der Waals surface area contributed by atoms with E-state index in [1.54, 1.807) is 36.5 Å². The van der Waals surface area contributed by atoms with Crippen LogP contribution >= 0.6 is 15.9 Å². The highest BCUT2D eigenvalue weighted by atomic mass is 79.9. The highest BCUT2D eigenvalue weighted by Gasteiger charge is 2.10. The number of aromatic nitrogens is 2. The Hall–Kier alpha value is -3.68. The number of nitrogens with zero attached hydrogens (tertiary/aromatic N) is 4. The molecule has 1 aromatic heterocycles. The minimum atomic E-state index is 0.435. The van der Waals surface area contributed by atoms with E-state index in [0.717, 1.165) is 32.5 Å². The van der Waals surface area contributed by atoms with Crippen molar-refractivity contribution in [1.29, 1.82) is 10.5 Å². The Morgan fingerprint density at radius 3 is 2.34 bits per heavy atom. The number of halogens is 1. The van der Waals surface area contributed by atoms with Crippen molar-refractivity contribution in [3.05, 3.63) is 75.4 Å². The first kappa shape index (κ1) is 20.1. The summed E-state index contributed by atoms with van der Waals surface area (Å²) in [6.07, 6.45) is 4.92. The molecular formula is C22H17BrN6. The SMILES string of the molecule is Cc1cc(/C=C/C#N)cc(C)c1Nc1nc(Nc2ccc(C#N)cc2)ncc1Br. The molecule has 0 unspecified atom stereocenters. The van der Waals surface area contributed by atoms with Crippen LogP contribution in [0, 0.1) is 36.5 Å². The van der Waals surface area contributed by atoms with Crippen LogP contribution in [0.4, 0.5) is 23.1 Å². The van der Waals surface area contributed by atoms with Crippen LogP contribution in [0.3, 0.4) is 0 Å². The number of hydrogen-bond acceptors (Lipinski definition) is 6. The Kier molecular flexibility index (Phi) is 6.23. The lowest BCUT2D eigenvalue weighted by molar-refractivity contribution is 1.15. The molecule has 2 aromatic carbocycles. The van der Waals surface area contributed by atoms with Crippen LogP contribution in [-0.2, 0) is 0 Å². The Morgan fingerprint density at radius 2 is 1.72 bits per heavy atom. The monoisotopic (exact) mass is 444 g/mol. The molecule has 0 fully saturated rings. The number of aryl methyl sites for hydroxylation is 2. The molecule has 0 atom stereocenters. The van der Waals surface area contributed by atoms with Crippen molar-refractivity contribution in [2.24, 2.45) is 0 Å². The summed E-state index contributed by atoms with van der Waals surface area (Å²) in [5.74, 6) is 1.06. The third-order valence-electron chi connectivity index (χ3n) is 4.16. The van der Waals surface area contributed by atoms with E-state index >= 15 is 0 Å². The van der Waals surface area contributed by atoms with Crippen molar-refractivity contribution in [2.75, 3.05) is 10.6 Å². The van der Waals surface area contributed by atoms with Crippen molar-refractivity contribution >= 4 is 45.1 Å². The maximum atomic E-state index is 8.90. The normalized spacial score (nSPS) is 10.4. The highest BCUT2D eigenvalue weighted by molar-refractivity contribution is 9.10. The number of benzene rings is 2. The molecule has 0 radical (unpaired) electrons. The van der Waals surface area contributed by atoms with Gasteiger partial charge in [0.25, 0.3) is 0 Å². The molecule has 2 N–H and O–H groups in total. The highest BCUT2D eigenvalue weighted by Crippen LogP contribution is 2.30. The molecule has 0 amide bonds. The van der Waals surface area contributed by atoms with Gasteiger partial charge >= 0.3 is 0 Å². The van der Waals surface area contributed by atoms with Gasteiger partial charge < -0.3 is 10.6 Å². The summed E-state index contributed by atoms with van der Waals surface area (Å²) in [5, 5.41) is 24.1. The van der Waals surface area contributed by atoms with Crippen LogP contribution in [0.15, 0.2) is 53.1 Å². The molecule has 142 valence electrons. The third-order valence-corrected chi connectivity index (χ3v) is 4.74. The van der Waals surface area contributed by atoms with Crippen molar-refractivity contribution in [1.82, 2.24) is 9.97 Å². The summed E-state index contributed by atoms with van der Waals surface area (Å²) < 4.78 is 0.732. The summed E-state index contributed by atoms with van der Waals surface area (Å²) in [5.41, 5.74) is 5.37. The van der Waals surface area contributed by atoms with Gasteiger partial charge in [0.1, 0.15) is 5.82 Å². The largest absolute Gasteiger partial charge is 0.339 e. The van der Waals surface area contributed by atoms with E-state index in [2.05, 4.69) is 42.6 Å². The van der Waals surface area contributed by atoms with Gasteiger partial charge in [-0.25, -0.2) is 4.98 Å². The smallest absolute Gasteiger partial charge is 0.229 e. The van der Waals surface area contributed by atoms with Crippen LogP contribution in [0.2, 0.25) is 0 Å². The molecule has 0 saturated carbocycles. The standard InChI is InChI=1S/C22H17BrN6/c1-14-10-17(4-3-9-24)11-15(2)20(14)28-21-19(23)13-26-22(29-21)27-18-7-5-16(12-25)6-8-18/h3-8,10-11,13H,1-2H3,(H2,26,27,28,29)/b4-3+. The second-order valence-corrected chi connectivity index (χ2v) is 7.18. The van der Waals surface area contributed by atoms with Gasteiger partial charge in [0.15, 0.2) is 0 Å². The van der Waals surface area contributed by atoms with Gasteiger partial charge in [-0.3, -0.25) is 0 Å². The van der Waals surface area contributed by atoms with Crippen LogP contribution in [-0.4, -0.2) is 9.97 Å². The first-order valence-electron chi connectivity index (χ1n) is 8.74. The molecule has 1 heterocycles. The molecule has 0 spiro atoms. The molecule has 0 aliphatic carbocycles. The molecule has 7 heteroatoms. The summed E-state index contributed by atoms with van der Waals surface area (Å²) >= 11 is 3.49. The Bertz CT molecular complexity index is 1130. The molecule has 0 aliphatic rings. The number of nitrogens with one attached hydrogen (secondary N) is 2. The summed E-state index contributed by atoms with van der Waals surface area (Å²) in [4.78, 5) is 8.85.